The van der Waals surface area contributed by atoms with E-state index in [-0.39, 0.29) is 5.54 Å². The van der Waals surface area contributed by atoms with Gasteiger partial charge in [-0.1, -0.05) is 25.0 Å². The Kier molecular flexibility index (Phi) is 5.44. The molecule has 1 aromatic carbocycles. The molecule has 0 saturated carbocycles. The second-order valence-electron chi connectivity index (χ2n) is 6.13. The Morgan fingerprint density at radius 1 is 1.20 bits per heavy atom. The highest BCUT2D eigenvalue weighted by atomic mass is 16.5. The van der Waals surface area contributed by atoms with Crippen molar-refractivity contribution in [2.24, 2.45) is 5.73 Å². The lowest BCUT2D eigenvalue weighted by molar-refractivity contribution is 0.114. The van der Waals surface area contributed by atoms with Crippen molar-refractivity contribution in [3.63, 3.8) is 0 Å². The first-order valence-corrected chi connectivity index (χ1v) is 7.76. The number of hydrogen-bond donors (Lipinski definition) is 1. The molecule has 1 fully saturated rings. The second kappa shape index (κ2) is 7.09. The lowest BCUT2D eigenvalue weighted by Gasteiger charge is -2.40. The van der Waals surface area contributed by atoms with Crippen molar-refractivity contribution in [3.05, 3.63) is 29.8 Å². The maximum atomic E-state index is 6.13. The third-order valence-electron chi connectivity index (χ3n) is 4.53. The SMILES string of the molecule is COc1cccc(CC(C)(CN)N2CCCCCC2)c1. The van der Waals surface area contributed by atoms with Gasteiger partial charge in [0.2, 0.25) is 0 Å². The third-order valence-corrected chi connectivity index (χ3v) is 4.53. The Labute approximate surface area is 123 Å². The van der Waals surface area contributed by atoms with Crippen LogP contribution in [0.5, 0.6) is 5.75 Å². The van der Waals surface area contributed by atoms with Gasteiger partial charge < -0.3 is 10.5 Å². The average Bonchev–Trinajstić information content (AvgIpc) is 2.77. The van der Waals surface area contributed by atoms with Crippen LogP contribution in [-0.4, -0.2) is 37.2 Å². The molecule has 1 heterocycles. The summed E-state index contributed by atoms with van der Waals surface area (Å²) in [5.74, 6) is 0.928. The number of methoxy groups -OCH3 is 1. The van der Waals surface area contributed by atoms with Crippen molar-refractivity contribution < 1.29 is 4.74 Å². The first kappa shape index (κ1) is 15.3. The lowest BCUT2D eigenvalue weighted by Crippen LogP contribution is -2.53. The van der Waals surface area contributed by atoms with Crippen LogP contribution >= 0.6 is 0 Å². The van der Waals surface area contributed by atoms with Crippen molar-refractivity contribution in [2.45, 2.75) is 44.6 Å². The van der Waals surface area contributed by atoms with E-state index in [2.05, 4.69) is 30.0 Å². The monoisotopic (exact) mass is 276 g/mol. The Bertz CT molecular complexity index is 413. The summed E-state index contributed by atoms with van der Waals surface area (Å²) in [4.78, 5) is 2.60. The maximum absolute atomic E-state index is 6.13. The van der Waals surface area contributed by atoms with Gasteiger partial charge in [-0.25, -0.2) is 0 Å². The zero-order valence-corrected chi connectivity index (χ0v) is 12.9. The summed E-state index contributed by atoms with van der Waals surface area (Å²) < 4.78 is 5.32. The van der Waals surface area contributed by atoms with E-state index in [0.29, 0.717) is 6.54 Å². The van der Waals surface area contributed by atoms with Crippen LogP contribution in [0.4, 0.5) is 0 Å². The molecule has 3 nitrogen and oxygen atoms in total. The fourth-order valence-electron chi connectivity index (χ4n) is 3.15. The van der Waals surface area contributed by atoms with E-state index in [0.717, 1.165) is 12.2 Å². The molecule has 0 bridgehead atoms. The number of hydrogen-bond acceptors (Lipinski definition) is 3. The lowest BCUT2D eigenvalue weighted by atomic mass is 9.90. The molecule has 1 aliphatic rings. The zero-order valence-electron chi connectivity index (χ0n) is 12.9. The number of rotatable bonds is 5. The van der Waals surface area contributed by atoms with E-state index in [9.17, 15) is 0 Å². The highest BCUT2D eigenvalue weighted by Gasteiger charge is 2.31. The van der Waals surface area contributed by atoms with Gasteiger partial charge in [-0.15, -0.1) is 0 Å². The molecule has 0 spiro atoms. The second-order valence-corrected chi connectivity index (χ2v) is 6.13. The molecular formula is C17H28N2O. The largest absolute Gasteiger partial charge is 0.497 e. The van der Waals surface area contributed by atoms with Gasteiger partial charge in [-0.2, -0.15) is 0 Å². The number of nitrogens with zero attached hydrogens (tertiary/aromatic N) is 1. The molecule has 0 aliphatic carbocycles. The van der Waals surface area contributed by atoms with Gasteiger partial charge in [-0.3, -0.25) is 4.90 Å². The molecule has 2 N–H and O–H groups in total. The molecule has 1 aliphatic heterocycles. The zero-order chi connectivity index (χ0) is 14.4. The smallest absolute Gasteiger partial charge is 0.119 e. The molecule has 3 heteroatoms. The standard InChI is InChI=1S/C17H28N2O/c1-17(14-18,19-10-5-3-4-6-11-19)13-15-8-7-9-16(12-15)20-2/h7-9,12H,3-6,10-11,13-14,18H2,1-2H3. The Balaban J connectivity index is 2.12. The predicted molar refractivity (Wildman–Crippen MR) is 84.2 cm³/mol. The van der Waals surface area contributed by atoms with E-state index in [1.54, 1.807) is 7.11 Å². The van der Waals surface area contributed by atoms with E-state index in [1.165, 1.54) is 44.3 Å². The first-order chi connectivity index (χ1) is 9.68. The highest BCUT2D eigenvalue weighted by molar-refractivity contribution is 5.29. The number of benzene rings is 1. The van der Waals surface area contributed by atoms with Gasteiger partial charge in [0.05, 0.1) is 7.11 Å². The fourth-order valence-corrected chi connectivity index (χ4v) is 3.15. The maximum Gasteiger partial charge on any atom is 0.119 e. The quantitative estimate of drug-likeness (QED) is 0.898. The number of nitrogens with two attached hydrogens (primary N) is 1. The van der Waals surface area contributed by atoms with E-state index < -0.39 is 0 Å². The Morgan fingerprint density at radius 3 is 2.50 bits per heavy atom. The number of ether oxygens (including phenoxy) is 1. The predicted octanol–water partition coefficient (Wildman–Crippen LogP) is 2.83. The van der Waals surface area contributed by atoms with Gasteiger partial charge in [0.25, 0.3) is 0 Å². The van der Waals surface area contributed by atoms with Gasteiger partial charge in [0.1, 0.15) is 5.75 Å². The van der Waals surface area contributed by atoms with E-state index in [4.69, 9.17) is 10.5 Å². The van der Waals surface area contributed by atoms with Crippen LogP contribution < -0.4 is 10.5 Å². The topological polar surface area (TPSA) is 38.5 Å². The molecule has 0 radical (unpaired) electrons. The van der Waals surface area contributed by atoms with Crippen molar-refractivity contribution in [3.8, 4) is 5.75 Å². The summed E-state index contributed by atoms with van der Waals surface area (Å²) in [5, 5.41) is 0. The van der Waals surface area contributed by atoms with Crippen LogP contribution in [0, 0.1) is 0 Å². The fraction of sp³-hybridized carbons (Fsp3) is 0.647. The van der Waals surface area contributed by atoms with Crippen LogP contribution in [-0.2, 0) is 6.42 Å². The van der Waals surface area contributed by atoms with Gasteiger partial charge >= 0.3 is 0 Å². The molecule has 112 valence electrons. The summed E-state index contributed by atoms with van der Waals surface area (Å²) in [6.07, 6.45) is 6.30. The Hall–Kier alpha value is -1.06. The van der Waals surface area contributed by atoms with Gasteiger partial charge in [0.15, 0.2) is 0 Å². The summed E-state index contributed by atoms with van der Waals surface area (Å²) in [6, 6.07) is 8.36. The van der Waals surface area contributed by atoms with Crippen LogP contribution in [0.15, 0.2) is 24.3 Å². The normalized spacial score (nSPS) is 20.1. The summed E-state index contributed by atoms with van der Waals surface area (Å²) in [5.41, 5.74) is 7.49. The van der Waals surface area contributed by atoms with Crippen molar-refractivity contribution in [2.75, 3.05) is 26.7 Å². The summed E-state index contributed by atoms with van der Waals surface area (Å²) in [7, 11) is 1.72. The molecule has 0 aromatic heterocycles. The van der Waals surface area contributed by atoms with Crippen molar-refractivity contribution in [1.29, 1.82) is 0 Å². The molecule has 20 heavy (non-hydrogen) atoms. The average molecular weight is 276 g/mol. The number of likely N-dealkylation sites (tertiary alicyclic amines) is 1. The Morgan fingerprint density at radius 2 is 1.90 bits per heavy atom. The van der Waals surface area contributed by atoms with Crippen LogP contribution in [0.25, 0.3) is 0 Å². The van der Waals surface area contributed by atoms with Crippen molar-refractivity contribution >= 4 is 0 Å². The van der Waals surface area contributed by atoms with Gasteiger partial charge in [-0.05, 0) is 57.0 Å². The van der Waals surface area contributed by atoms with Gasteiger partial charge in [0, 0.05) is 12.1 Å². The molecule has 1 atom stereocenters. The molecular weight excluding hydrogens is 248 g/mol. The van der Waals surface area contributed by atoms with Crippen LogP contribution in [0.3, 0.4) is 0 Å². The molecule has 2 rings (SSSR count). The molecule has 1 unspecified atom stereocenters. The first-order valence-electron chi connectivity index (χ1n) is 7.76. The highest BCUT2D eigenvalue weighted by Crippen LogP contribution is 2.25. The van der Waals surface area contributed by atoms with E-state index >= 15 is 0 Å². The van der Waals surface area contributed by atoms with Crippen molar-refractivity contribution in [1.82, 2.24) is 4.90 Å². The molecule has 1 saturated heterocycles. The van der Waals surface area contributed by atoms with Crippen LogP contribution in [0.1, 0.15) is 38.2 Å². The minimum atomic E-state index is 0.0523. The summed E-state index contributed by atoms with van der Waals surface area (Å²) in [6.45, 7) is 5.36. The third kappa shape index (κ3) is 3.74. The summed E-state index contributed by atoms with van der Waals surface area (Å²) >= 11 is 0. The minimum absolute atomic E-state index is 0.0523. The van der Waals surface area contributed by atoms with E-state index in [1.807, 2.05) is 6.07 Å². The molecule has 0 amide bonds. The minimum Gasteiger partial charge on any atom is -0.497 e. The van der Waals surface area contributed by atoms with Crippen LogP contribution in [0.2, 0.25) is 0 Å². The molecule has 1 aromatic rings.